The van der Waals surface area contributed by atoms with Crippen molar-refractivity contribution in [2.75, 3.05) is 6.61 Å². The molecular weight excluding hydrogens is 289 g/mol. The van der Waals surface area contributed by atoms with E-state index in [9.17, 15) is 4.39 Å². The molecule has 0 bridgehead atoms. The zero-order valence-electron chi connectivity index (χ0n) is 11.7. The van der Waals surface area contributed by atoms with Gasteiger partial charge in [0.1, 0.15) is 11.6 Å². The summed E-state index contributed by atoms with van der Waals surface area (Å²) in [5, 5.41) is 9.02. The van der Waals surface area contributed by atoms with Gasteiger partial charge in [0.15, 0.2) is 0 Å². The van der Waals surface area contributed by atoms with Crippen molar-refractivity contribution in [3.8, 4) is 22.9 Å². The summed E-state index contributed by atoms with van der Waals surface area (Å²) in [5.41, 5.74) is 1.17. The van der Waals surface area contributed by atoms with Crippen LogP contribution in [0.15, 0.2) is 36.4 Å². The van der Waals surface area contributed by atoms with E-state index in [4.69, 9.17) is 21.6 Å². The Morgan fingerprint density at radius 3 is 2.52 bits per heavy atom. The van der Waals surface area contributed by atoms with Gasteiger partial charge in [-0.1, -0.05) is 37.1 Å². The van der Waals surface area contributed by atoms with Gasteiger partial charge in [-0.25, -0.2) is 4.39 Å². The van der Waals surface area contributed by atoms with E-state index in [1.54, 1.807) is 24.3 Å². The molecule has 0 aliphatic carbocycles. The molecule has 0 aliphatic rings. The first-order valence-electron chi connectivity index (χ1n) is 6.78. The Balaban J connectivity index is 2.25. The molecule has 0 aromatic heterocycles. The van der Waals surface area contributed by atoms with Crippen molar-refractivity contribution in [2.24, 2.45) is 0 Å². The van der Waals surface area contributed by atoms with E-state index in [0.717, 1.165) is 18.6 Å². The van der Waals surface area contributed by atoms with Crippen molar-refractivity contribution >= 4 is 11.6 Å². The fraction of sp³-hybridized carbons (Fsp3) is 0.235. The van der Waals surface area contributed by atoms with Crippen LogP contribution in [0.4, 0.5) is 4.39 Å². The third-order valence-corrected chi connectivity index (χ3v) is 3.38. The second-order valence-electron chi connectivity index (χ2n) is 4.65. The van der Waals surface area contributed by atoms with Gasteiger partial charge in [0.2, 0.25) is 0 Å². The lowest BCUT2D eigenvalue weighted by Crippen LogP contribution is -1.96. The van der Waals surface area contributed by atoms with Crippen LogP contribution in [0.1, 0.15) is 25.3 Å². The minimum absolute atomic E-state index is 0.209. The minimum Gasteiger partial charge on any atom is -0.494 e. The van der Waals surface area contributed by atoms with Gasteiger partial charge in [0, 0.05) is 5.56 Å². The lowest BCUT2D eigenvalue weighted by atomic mass is 10.0. The molecule has 0 N–H and O–H groups in total. The SMILES string of the molecule is CCCCOc1ccc(-c2c(F)cc(C#N)cc2Cl)cc1. The lowest BCUT2D eigenvalue weighted by Gasteiger charge is -2.09. The van der Waals surface area contributed by atoms with Gasteiger partial charge in [0.25, 0.3) is 0 Å². The molecular formula is C17H15ClFNO. The highest BCUT2D eigenvalue weighted by Crippen LogP contribution is 2.32. The molecule has 2 nitrogen and oxygen atoms in total. The monoisotopic (exact) mass is 303 g/mol. The predicted octanol–water partition coefficient (Wildman–Crippen LogP) is 5.20. The number of ether oxygens (including phenoxy) is 1. The average Bonchev–Trinajstić information content (AvgIpc) is 2.48. The first kappa shape index (κ1) is 15.3. The maximum absolute atomic E-state index is 14.1. The minimum atomic E-state index is -0.501. The van der Waals surface area contributed by atoms with E-state index >= 15 is 0 Å². The lowest BCUT2D eigenvalue weighted by molar-refractivity contribution is 0.309. The third kappa shape index (κ3) is 3.74. The van der Waals surface area contributed by atoms with Gasteiger partial charge >= 0.3 is 0 Å². The summed E-state index contributed by atoms with van der Waals surface area (Å²) in [7, 11) is 0. The molecule has 21 heavy (non-hydrogen) atoms. The fourth-order valence-corrected chi connectivity index (χ4v) is 2.28. The first-order valence-corrected chi connectivity index (χ1v) is 7.16. The van der Waals surface area contributed by atoms with Gasteiger partial charge in [-0.15, -0.1) is 0 Å². The molecule has 0 saturated carbocycles. The Labute approximate surface area is 128 Å². The number of nitriles is 1. The van der Waals surface area contributed by atoms with E-state index in [2.05, 4.69) is 6.92 Å². The van der Waals surface area contributed by atoms with E-state index < -0.39 is 5.82 Å². The second-order valence-corrected chi connectivity index (χ2v) is 5.06. The highest BCUT2D eigenvalue weighted by molar-refractivity contribution is 6.33. The third-order valence-electron chi connectivity index (χ3n) is 3.08. The molecule has 0 saturated heterocycles. The van der Waals surface area contributed by atoms with Gasteiger partial charge in [-0.05, 0) is 36.2 Å². The molecule has 2 aromatic carbocycles. The molecule has 0 fully saturated rings. The summed E-state index contributed by atoms with van der Waals surface area (Å²) < 4.78 is 19.6. The smallest absolute Gasteiger partial charge is 0.133 e. The fourth-order valence-electron chi connectivity index (χ4n) is 1.97. The molecule has 2 aromatic rings. The largest absolute Gasteiger partial charge is 0.494 e. The molecule has 0 atom stereocenters. The predicted molar refractivity (Wildman–Crippen MR) is 82.0 cm³/mol. The highest BCUT2D eigenvalue weighted by Gasteiger charge is 2.12. The van der Waals surface area contributed by atoms with Crippen molar-refractivity contribution in [2.45, 2.75) is 19.8 Å². The molecule has 4 heteroatoms. The molecule has 0 unspecified atom stereocenters. The Kier molecular flexibility index (Phi) is 5.19. The standard InChI is InChI=1S/C17H15ClFNO/c1-2-3-8-21-14-6-4-13(5-7-14)17-15(18)9-12(11-20)10-16(17)19/h4-7,9-10H,2-3,8H2,1H3. The van der Waals surface area contributed by atoms with Crippen LogP contribution in [0, 0.1) is 17.1 Å². The maximum Gasteiger partial charge on any atom is 0.133 e. The summed E-state index contributed by atoms with van der Waals surface area (Å²) in [4.78, 5) is 0. The van der Waals surface area contributed by atoms with Crippen LogP contribution in [0.25, 0.3) is 11.1 Å². The summed E-state index contributed by atoms with van der Waals surface area (Å²) in [5.74, 6) is 0.246. The number of nitrogens with zero attached hydrogens (tertiary/aromatic N) is 1. The van der Waals surface area contributed by atoms with E-state index in [0.29, 0.717) is 17.7 Å². The zero-order valence-corrected chi connectivity index (χ0v) is 12.5. The Bertz CT molecular complexity index is 638. The topological polar surface area (TPSA) is 33.0 Å². The van der Waals surface area contributed by atoms with Crippen LogP contribution in [-0.2, 0) is 0 Å². The van der Waals surface area contributed by atoms with E-state index in [1.165, 1.54) is 12.1 Å². The van der Waals surface area contributed by atoms with Crippen LogP contribution in [-0.4, -0.2) is 6.61 Å². The Morgan fingerprint density at radius 2 is 1.95 bits per heavy atom. The van der Waals surface area contributed by atoms with E-state index in [-0.39, 0.29) is 10.6 Å². The molecule has 2 rings (SSSR count). The molecule has 0 spiro atoms. The second kappa shape index (κ2) is 7.10. The van der Waals surface area contributed by atoms with Crippen LogP contribution in [0.3, 0.4) is 0 Å². The Morgan fingerprint density at radius 1 is 1.24 bits per heavy atom. The van der Waals surface area contributed by atoms with Gasteiger partial charge in [-0.3, -0.25) is 0 Å². The Hall–Kier alpha value is -2.05. The summed E-state index contributed by atoms with van der Waals surface area (Å²) >= 11 is 6.07. The van der Waals surface area contributed by atoms with Crippen molar-refractivity contribution < 1.29 is 9.13 Å². The maximum atomic E-state index is 14.1. The van der Waals surface area contributed by atoms with Crippen LogP contribution in [0.5, 0.6) is 5.75 Å². The number of rotatable bonds is 5. The van der Waals surface area contributed by atoms with Crippen molar-refractivity contribution in [1.29, 1.82) is 5.26 Å². The molecule has 0 amide bonds. The first-order chi connectivity index (χ1) is 10.2. The van der Waals surface area contributed by atoms with E-state index in [1.807, 2.05) is 6.07 Å². The van der Waals surface area contributed by atoms with Crippen LogP contribution < -0.4 is 4.74 Å². The average molecular weight is 304 g/mol. The molecule has 0 heterocycles. The summed E-state index contributed by atoms with van der Waals surface area (Å²) in [6.07, 6.45) is 2.07. The molecule has 0 aliphatic heterocycles. The van der Waals surface area contributed by atoms with Crippen molar-refractivity contribution in [1.82, 2.24) is 0 Å². The zero-order chi connectivity index (χ0) is 15.2. The van der Waals surface area contributed by atoms with Gasteiger partial charge in [0.05, 0.1) is 23.3 Å². The molecule has 0 radical (unpaired) electrons. The summed E-state index contributed by atoms with van der Waals surface area (Å²) in [6, 6.07) is 11.6. The van der Waals surface area contributed by atoms with Gasteiger partial charge < -0.3 is 4.74 Å². The van der Waals surface area contributed by atoms with Gasteiger partial charge in [-0.2, -0.15) is 5.26 Å². The number of unbranched alkanes of at least 4 members (excludes halogenated alkanes) is 1. The van der Waals surface area contributed by atoms with Crippen LogP contribution >= 0.6 is 11.6 Å². The summed E-state index contributed by atoms with van der Waals surface area (Å²) in [6.45, 7) is 2.77. The molecule has 108 valence electrons. The van der Waals surface area contributed by atoms with Crippen molar-refractivity contribution in [3.05, 3.63) is 52.8 Å². The number of benzene rings is 2. The van der Waals surface area contributed by atoms with Crippen molar-refractivity contribution in [3.63, 3.8) is 0 Å². The van der Waals surface area contributed by atoms with Crippen LogP contribution in [0.2, 0.25) is 5.02 Å². The highest BCUT2D eigenvalue weighted by atomic mass is 35.5. The number of hydrogen-bond donors (Lipinski definition) is 0. The normalized spacial score (nSPS) is 10.2. The number of hydrogen-bond acceptors (Lipinski definition) is 2. The quantitative estimate of drug-likeness (QED) is 0.711. The number of halogens is 2.